The van der Waals surface area contributed by atoms with E-state index >= 15 is 0 Å². The van der Waals surface area contributed by atoms with Crippen LogP contribution in [0.15, 0.2) is 60.7 Å². The first-order chi connectivity index (χ1) is 17.5. The summed E-state index contributed by atoms with van der Waals surface area (Å²) in [7, 11) is 0. The van der Waals surface area contributed by atoms with Gasteiger partial charge in [-0.15, -0.1) is 0 Å². The van der Waals surface area contributed by atoms with Gasteiger partial charge in [0.1, 0.15) is 17.4 Å². The maximum atomic E-state index is 13.4. The Kier molecular flexibility index (Phi) is 6.12. The molecule has 3 aliphatic rings. The molecule has 9 heteroatoms. The number of aromatic nitrogens is 1. The first-order valence-electron chi connectivity index (χ1n) is 12.1. The van der Waals surface area contributed by atoms with Crippen LogP contribution in [0.4, 0.5) is 23.4 Å². The number of carbonyl (C=O) groups is 1. The lowest BCUT2D eigenvalue weighted by molar-refractivity contribution is -0.158. The van der Waals surface area contributed by atoms with Gasteiger partial charge < -0.3 is 15.7 Å². The Bertz CT molecular complexity index is 1300. The number of carbonyl (C=O) groups excluding carboxylic acids is 1. The van der Waals surface area contributed by atoms with Crippen molar-refractivity contribution in [2.45, 2.75) is 44.3 Å². The second-order valence-corrected chi connectivity index (χ2v) is 10.4. The van der Waals surface area contributed by atoms with E-state index in [9.17, 15) is 27.5 Å². The normalized spacial score (nSPS) is 22.9. The molecule has 0 radical (unpaired) electrons. The lowest BCUT2D eigenvalue weighted by Crippen LogP contribution is -2.74. The lowest BCUT2D eigenvalue weighted by atomic mass is 9.35. The number of alkyl halides is 3. The maximum absolute atomic E-state index is 13.4. The van der Waals surface area contributed by atoms with Crippen LogP contribution in [-0.4, -0.2) is 28.1 Å². The molecule has 5 nitrogen and oxygen atoms in total. The van der Waals surface area contributed by atoms with E-state index in [1.807, 2.05) is 0 Å². The second-order valence-electron chi connectivity index (χ2n) is 10.4. The fourth-order valence-corrected chi connectivity index (χ4v) is 6.02. The number of halogens is 4. The molecule has 3 aromatic rings. The smallest absolute Gasteiger partial charge is 0.418 e. The summed E-state index contributed by atoms with van der Waals surface area (Å²) >= 11 is 0. The number of anilines is 1. The fourth-order valence-electron chi connectivity index (χ4n) is 6.02. The highest BCUT2D eigenvalue weighted by Crippen LogP contribution is 2.71. The van der Waals surface area contributed by atoms with Gasteiger partial charge in [-0.25, -0.2) is 9.37 Å². The number of hydrogen-bond acceptors (Lipinski definition) is 4. The fraction of sp³-hybridized carbons (Fsp3) is 0.357. The Morgan fingerprint density at radius 1 is 1.05 bits per heavy atom. The zero-order chi connectivity index (χ0) is 26.4. The molecule has 1 atom stereocenters. The number of hydrogen-bond donors (Lipinski definition) is 3. The largest absolute Gasteiger partial charge is 0.507 e. The standard InChI is InChI=1S/C28H27F4N3O2/c1-17-22(28(30,31)32)10-11-24(34-17)35-27-14-26(15-27,16-27)19(12-18-6-8-20(29)9-7-18)13-33-25(37)21-4-2-3-5-23(21)36/h2-11,19,36H,12-16H2,1H3,(H,33,37)(H,34,35). The molecular weight excluding hydrogens is 486 g/mol. The average Bonchev–Trinajstić information content (AvgIpc) is 2.79. The van der Waals surface area contributed by atoms with Gasteiger partial charge in [0.25, 0.3) is 5.91 Å². The van der Waals surface area contributed by atoms with Crippen molar-refractivity contribution in [1.29, 1.82) is 0 Å². The van der Waals surface area contributed by atoms with Crippen LogP contribution in [0.5, 0.6) is 5.75 Å². The van der Waals surface area contributed by atoms with E-state index in [1.54, 1.807) is 30.3 Å². The molecule has 3 saturated carbocycles. The molecule has 37 heavy (non-hydrogen) atoms. The summed E-state index contributed by atoms with van der Waals surface area (Å²) in [4.78, 5) is 16.9. The minimum absolute atomic E-state index is 0.0544. The third kappa shape index (κ3) is 4.86. The highest BCUT2D eigenvalue weighted by atomic mass is 19.4. The number of nitrogens with one attached hydrogen (secondary N) is 2. The number of benzene rings is 2. The third-order valence-corrected chi connectivity index (χ3v) is 7.77. The number of aryl methyl sites for hydroxylation is 1. The van der Waals surface area contributed by atoms with Gasteiger partial charge in [-0.3, -0.25) is 4.79 Å². The summed E-state index contributed by atoms with van der Waals surface area (Å²) in [5, 5.41) is 16.3. The van der Waals surface area contributed by atoms with E-state index < -0.39 is 11.7 Å². The quantitative estimate of drug-likeness (QED) is 0.329. The average molecular weight is 514 g/mol. The Labute approximate surface area is 211 Å². The molecule has 0 aliphatic heterocycles. The van der Waals surface area contributed by atoms with Crippen LogP contribution in [0.3, 0.4) is 0 Å². The summed E-state index contributed by atoms with van der Waals surface area (Å²) in [6, 6.07) is 15.1. The van der Waals surface area contributed by atoms with Crippen LogP contribution >= 0.6 is 0 Å². The summed E-state index contributed by atoms with van der Waals surface area (Å²) in [6.45, 7) is 1.72. The molecule has 0 spiro atoms. The number of nitrogens with zero attached hydrogens (tertiary/aromatic N) is 1. The van der Waals surface area contributed by atoms with E-state index in [2.05, 4.69) is 15.6 Å². The van der Waals surface area contributed by atoms with Gasteiger partial charge in [-0.1, -0.05) is 24.3 Å². The van der Waals surface area contributed by atoms with Crippen molar-refractivity contribution < 1.29 is 27.5 Å². The van der Waals surface area contributed by atoms with Gasteiger partial charge in [0, 0.05) is 12.1 Å². The number of rotatable bonds is 8. The first kappa shape index (κ1) is 25.0. The predicted octanol–water partition coefficient (Wildman–Crippen LogP) is 5.88. The zero-order valence-electron chi connectivity index (χ0n) is 20.2. The van der Waals surface area contributed by atoms with Crippen LogP contribution in [0.2, 0.25) is 0 Å². The highest BCUT2D eigenvalue weighted by Gasteiger charge is 2.70. The van der Waals surface area contributed by atoms with E-state index in [4.69, 9.17) is 0 Å². The number of para-hydroxylation sites is 1. The predicted molar refractivity (Wildman–Crippen MR) is 131 cm³/mol. The van der Waals surface area contributed by atoms with Crippen molar-refractivity contribution in [2.75, 3.05) is 11.9 Å². The monoisotopic (exact) mass is 513 g/mol. The Hall–Kier alpha value is -3.62. The first-order valence-corrected chi connectivity index (χ1v) is 12.1. The zero-order valence-corrected chi connectivity index (χ0v) is 20.2. The topological polar surface area (TPSA) is 74.2 Å². The van der Waals surface area contributed by atoms with Gasteiger partial charge >= 0.3 is 6.18 Å². The van der Waals surface area contributed by atoms with Gasteiger partial charge in [-0.2, -0.15) is 13.2 Å². The molecule has 1 aromatic heterocycles. The molecule has 3 fully saturated rings. The van der Waals surface area contributed by atoms with Crippen LogP contribution in [0.25, 0.3) is 0 Å². The third-order valence-electron chi connectivity index (χ3n) is 7.77. The van der Waals surface area contributed by atoms with Gasteiger partial charge in [-0.05, 0) is 85.9 Å². The molecule has 194 valence electrons. The Balaban J connectivity index is 1.28. The number of amides is 1. The minimum atomic E-state index is -4.44. The molecular formula is C28H27F4N3O2. The molecule has 3 aliphatic carbocycles. The number of aromatic hydroxyl groups is 1. The van der Waals surface area contributed by atoms with E-state index in [0.29, 0.717) is 18.8 Å². The maximum Gasteiger partial charge on any atom is 0.418 e. The van der Waals surface area contributed by atoms with Crippen LogP contribution < -0.4 is 10.6 Å². The lowest BCUT2D eigenvalue weighted by Gasteiger charge is -2.73. The summed E-state index contributed by atoms with van der Waals surface area (Å²) in [5.41, 5.74) is 0.0417. The molecule has 2 bridgehead atoms. The summed E-state index contributed by atoms with van der Waals surface area (Å²) < 4.78 is 52.7. The van der Waals surface area contributed by atoms with E-state index in [-0.39, 0.29) is 45.6 Å². The van der Waals surface area contributed by atoms with Gasteiger partial charge in [0.15, 0.2) is 0 Å². The molecule has 1 unspecified atom stereocenters. The molecule has 1 amide bonds. The number of phenols is 1. The van der Waals surface area contributed by atoms with Gasteiger partial charge in [0.2, 0.25) is 0 Å². The summed E-state index contributed by atoms with van der Waals surface area (Å²) in [5.74, 6) is -0.309. The molecule has 1 heterocycles. The molecule has 0 saturated heterocycles. The van der Waals surface area contributed by atoms with Crippen molar-refractivity contribution >= 4 is 11.7 Å². The van der Waals surface area contributed by atoms with E-state index in [1.165, 1.54) is 31.2 Å². The SMILES string of the molecule is Cc1nc(NC23CC(C(CNC(=O)c4ccccc4O)Cc4ccc(F)cc4)(C2)C3)ccc1C(F)(F)F. The van der Waals surface area contributed by atoms with Crippen molar-refractivity contribution in [3.05, 3.63) is 88.9 Å². The minimum Gasteiger partial charge on any atom is -0.507 e. The van der Waals surface area contributed by atoms with E-state index in [0.717, 1.165) is 30.9 Å². The Morgan fingerprint density at radius 3 is 2.35 bits per heavy atom. The van der Waals surface area contributed by atoms with Crippen molar-refractivity contribution in [3.8, 4) is 5.75 Å². The van der Waals surface area contributed by atoms with Crippen LogP contribution in [0.1, 0.15) is 46.4 Å². The van der Waals surface area contributed by atoms with Crippen molar-refractivity contribution in [3.63, 3.8) is 0 Å². The van der Waals surface area contributed by atoms with Gasteiger partial charge in [0.05, 0.1) is 16.8 Å². The van der Waals surface area contributed by atoms with Crippen molar-refractivity contribution in [2.24, 2.45) is 11.3 Å². The van der Waals surface area contributed by atoms with Crippen LogP contribution in [0, 0.1) is 24.1 Å². The highest BCUT2D eigenvalue weighted by molar-refractivity contribution is 5.96. The summed E-state index contributed by atoms with van der Waals surface area (Å²) in [6.07, 6.45) is -1.43. The van der Waals surface area contributed by atoms with Crippen molar-refractivity contribution in [1.82, 2.24) is 10.3 Å². The number of pyridine rings is 1. The van der Waals surface area contributed by atoms with Crippen LogP contribution in [-0.2, 0) is 12.6 Å². The Morgan fingerprint density at radius 2 is 1.73 bits per heavy atom. The molecule has 3 N–H and O–H groups in total. The second kappa shape index (κ2) is 9.04. The number of phenolic OH excluding ortho intramolecular Hbond substituents is 1. The molecule has 6 rings (SSSR count). The molecule has 2 aromatic carbocycles.